The first-order valence-corrected chi connectivity index (χ1v) is 10.5. The molecule has 1 heterocycles. The molecule has 2 aromatic rings. The number of alkyl halides is 2. The molecule has 0 unspecified atom stereocenters. The summed E-state index contributed by atoms with van der Waals surface area (Å²) in [5.41, 5.74) is 1.96. The number of nitrogens with zero attached hydrogens (tertiary/aromatic N) is 3. The van der Waals surface area contributed by atoms with Crippen LogP contribution >= 0.6 is 0 Å². The third-order valence-corrected chi connectivity index (χ3v) is 5.36. The van der Waals surface area contributed by atoms with E-state index in [0.29, 0.717) is 13.0 Å². The molecule has 0 bridgehead atoms. The maximum absolute atomic E-state index is 12.6. The smallest absolute Gasteiger partial charge is 0.387 e. The van der Waals surface area contributed by atoms with Crippen LogP contribution in [0.4, 0.5) is 14.5 Å². The van der Waals surface area contributed by atoms with Crippen molar-refractivity contribution in [2.75, 3.05) is 58.9 Å². The molecule has 1 fully saturated rings. The second-order valence-electron chi connectivity index (χ2n) is 7.23. The van der Waals surface area contributed by atoms with Crippen molar-refractivity contribution in [2.24, 2.45) is 4.99 Å². The molecule has 3 rings (SSSR count). The van der Waals surface area contributed by atoms with Gasteiger partial charge < -0.3 is 29.3 Å². The summed E-state index contributed by atoms with van der Waals surface area (Å²) >= 11 is 0. The zero-order chi connectivity index (χ0) is 22.9. The standard InChI is InChI=1S/C23H30F2N4O3/c1-26-23(27-11-10-17-8-9-20(31-3)21(16-17)32-22(24)25)29-14-12-28(13-15-29)18-6-4-5-7-19(18)30-2/h4-9,16,22H,10-15H2,1-3H3,(H,26,27). The van der Waals surface area contributed by atoms with Crippen molar-refractivity contribution >= 4 is 11.6 Å². The molecule has 0 spiro atoms. The number of benzene rings is 2. The number of guanidine groups is 1. The molecular weight excluding hydrogens is 418 g/mol. The monoisotopic (exact) mass is 448 g/mol. The first-order chi connectivity index (χ1) is 15.5. The van der Waals surface area contributed by atoms with Crippen molar-refractivity contribution in [3.05, 3.63) is 48.0 Å². The number of halogens is 2. The van der Waals surface area contributed by atoms with Crippen LogP contribution in [-0.4, -0.2) is 71.5 Å². The maximum atomic E-state index is 12.6. The average Bonchev–Trinajstić information content (AvgIpc) is 2.82. The van der Waals surface area contributed by atoms with Crippen molar-refractivity contribution in [3.8, 4) is 17.2 Å². The van der Waals surface area contributed by atoms with E-state index in [1.54, 1.807) is 26.3 Å². The topological polar surface area (TPSA) is 58.6 Å². The van der Waals surface area contributed by atoms with Gasteiger partial charge in [0.2, 0.25) is 0 Å². The predicted molar refractivity (Wildman–Crippen MR) is 121 cm³/mol. The number of ether oxygens (including phenoxy) is 3. The largest absolute Gasteiger partial charge is 0.495 e. The highest BCUT2D eigenvalue weighted by molar-refractivity contribution is 5.80. The van der Waals surface area contributed by atoms with E-state index in [-0.39, 0.29) is 11.5 Å². The SMILES string of the molecule is CN=C(NCCc1ccc(OC)c(OC(F)F)c1)N1CCN(c2ccccc2OC)CC1. The molecule has 1 N–H and O–H groups in total. The summed E-state index contributed by atoms with van der Waals surface area (Å²) in [4.78, 5) is 8.93. The number of para-hydroxylation sites is 2. The maximum Gasteiger partial charge on any atom is 0.387 e. The predicted octanol–water partition coefficient (Wildman–Crippen LogP) is 3.25. The van der Waals surface area contributed by atoms with Crippen LogP contribution in [0.1, 0.15) is 5.56 Å². The molecular formula is C23H30F2N4O3. The fourth-order valence-electron chi connectivity index (χ4n) is 3.77. The van der Waals surface area contributed by atoms with E-state index in [1.165, 1.54) is 7.11 Å². The summed E-state index contributed by atoms with van der Waals surface area (Å²) in [6, 6.07) is 13.1. The van der Waals surface area contributed by atoms with Crippen LogP contribution in [0.25, 0.3) is 0 Å². The minimum atomic E-state index is -2.90. The van der Waals surface area contributed by atoms with Crippen LogP contribution in [0.5, 0.6) is 17.2 Å². The highest BCUT2D eigenvalue weighted by Crippen LogP contribution is 2.30. The van der Waals surface area contributed by atoms with Gasteiger partial charge in [-0.05, 0) is 36.2 Å². The Balaban J connectivity index is 1.53. The Morgan fingerprint density at radius 3 is 2.38 bits per heavy atom. The van der Waals surface area contributed by atoms with E-state index >= 15 is 0 Å². The van der Waals surface area contributed by atoms with E-state index in [9.17, 15) is 8.78 Å². The quantitative estimate of drug-likeness (QED) is 0.494. The molecule has 0 saturated carbocycles. The Hall–Kier alpha value is -3.23. The van der Waals surface area contributed by atoms with E-state index in [4.69, 9.17) is 9.47 Å². The molecule has 9 heteroatoms. The summed E-state index contributed by atoms with van der Waals surface area (Å²) < 4.78 is 40.4. The first-order valence-electron chi connectivity index (χ1n) is 10.5. The van der Waals surface area contributed by atoms with Crippen LogP contribution in [0.3, 0.4) is 0 Å². The van der Waals surface area contributed by atoms with Crippen LogP contribution in [0, 0.1) is 0 Å². The molecule has 174 valence electrons. The molecule has 7 nitrogen and oxygen atoms in total. The van der Waals surface area contributed by atoms with Gasteiger partial charge in [0.25, 0.3) is 0 Å². The zero-order valence-electron chi connectivity index (χ0n) is 18.7. The molecule has 1 saturated heterocycles. The zero-order valence-corrected chi connectivity index (χ0v) is 18.7. The number of hydrogen-bond donors (Lipinski definition) is 1. The highest BCUT2D eigenvalue weighted by Gasteiger charge is 2.21. The summed E-state index contributed by atoms with van der Waals surface area (Å²) in [5, 5.41) is 3.37. The van der Waals surface area contributed by atoms with Gasteiger partial charge in [0.15, 0.2) is 17.5 Å². The molecule has 0 amide bonds. The van der Waals surface area contributed by atoms with Gasteiger partial charge in [-0.25, -0.2) is 0 Å². The van der Waals surface area contributed by atoms with Gasteiger partial charge in [-0.1, -0.05) is 18.2 Å². The van der Waals surface area contributed by atoms with Gasteiger partial charge in [-0.15, -0.1) is 0 Å². The van der Waals surface area contributed by atoms with Crippen molar-refractivity contribution in [1.82, 2.24) is 10.2 Å². The van der Waals surface area contributed by atoms with E-state index in [0.717, 1.165) is 49.1 Å². The lowest BCUT2D eigenvalue weighted by molar-refractivity contribution is -0.0512. The molecule has 0 aliphatic carbocycles. The number of methoxy groups -OCH3 is 2. The van der Waals surface area contributed by atoms with Gasteiger partial charge in [0, 0.05) is 39.8 Å². The van der Waals surface area contributed by atoms with Crippen LogP contribution in [-0.2, 0) is 6.42 Å². The summed E-state index contributed by atoms with van der Waals surface area (Å²) in [6.45, 7) is 1.08. The van der Waals surface area contributed by atoms with Gasteiger partial charge in [0.1, 0.15) is 5.75 Å². The molecule has 1 aliphatic heterocycles. The number of anilines is 1. The van der Waals surface area contributed by atoms with Gasteiger partial charge in [-0.3, -0.25) is 4.99 Å². The lowest BCUT2D eigenvalue weighted by Crippen LogP contribution is -2.52. The lowest BCUT2D eigenvalue weighted by atomic mass is 10.1. The Labute approximate surface area is 187 Å². The number of aliphatic imine (C=N–C) groups is 1. The Morgan fingerprint density at radius 1 is 1.00 bits per heavy atom. The van der Waals surface area contributed by atoms with Crippen LogP contribution in [0.2, 0.25) is 0 Å². The summed E-state index contributed by atoms with van der Waals surface area (Å²) in [6.07, 6.45) is 0.629. The number of hydrogen-bond acceptors (Lipinski definition) is 5. The molecule has 2 aromatic carbocycles. The number of piperazine rings is 1. The fourth-order valence-corrected chi connectivity index (χ4v) is 3.77. The van der Waals surface area contributed by atoms with Crippen molar-refractivity contribution < 1.29 is 23.0 Å². The van der Waals surface area contributed by atoms with Crippen LogP contribution < -0.4 is 24.4 Å². The normalized spacial score (nSPS) is 14.5. The fraction of sp³-hybridized carbons (Fsp3) is 0.435. The molecule has 32 heavy (non-hydrogen) atoms. The van der Waals surface area contributed by atoms with E-state index < -0.39 is 6.61 Å². The molecule has 0 atom stereocenters. The minimum Gasteiger partial charge on any atom is -0.495 e. The molecule has 0 aromatic heterocycles. The second kappa shape index (κ2) is 11.4. The average molecular weight is 449 g/mol. The first kappa shape index (κ1) is 23.4. The summed E-state index contributed by atoms with van der Waals surface area (Å²) in [5.74, 6) is 2.02. The van der Waals surface area contributed by atoms with Crippen molar-refractivity contribution in [2.45, 2.75) is 13.0 Å². The number of nitrogens with one attached hydrogen (secondary N) is 1. The third-order valence-electron chi connectivity index (χ3n) is 5.36. The minimum absolute atomic E-state index is 0.0387. The van der Waals surface area contributed by atoms with Crippen molar-refractivity contribution in [3.63, 3.8) is 0 Å². The van der Waals surface area contributed by atoms with Gasteiger partial charge in [-0.2, -0.15) is 8.78 Å². The van der Waals surface area contributed by atoms with Gasteiger partial charge >= 0.3 is 6.61 Å². The second-order valence-corrected chi connectivity index (χ2v) is 7.23. The molecule has 0 radical (unpaired) electrons. The summed E-state index contributed by atoms with van der Waals surface area (Å²) in [7, 11) is 4.87. The van der Waals surface area contributed by atoms with Crippen molar-refractivity contribution in [1.29, 1.82) is 0 Å². The van der Waals surface area contributed by atoms with Crippen LogP contribution in [0.15, 0.2) is 47.5 Å². The third kappa shape index (κ3) is 5.93. The Morgan fingerprint density at radius 2 is 1.72 bits per heavy atom. The van der Waals surface area contributed by atoms with Gasteiger partial charge in [0.05, 0.1) is 19.9 Å². The molecule has 1 aliphatic rings. The lowest BCUT2D eigenvalue weighted by Gasteiger charge is -2.38. The highest BCUT2D eigenvalue weighted by atomic mass is 19.3. The number of rotatable bonds is 8. The van der Waals surface area contributed by atoms with E-state index in [2.05, 4.69) is 30.9 Å². The van der Waals surface area contributed by atoms with E-state index in [1.807, 2.05) is 24.3 Å². The Bertz CT molecular complexity index is 903. The Kier molecular flexibility index (Phi) is 8.35.